The number of likely N-dealkylation sites (N-methyl/N-ethyl adjacent to an activating group) is 1. The molecule has 0 heterocycles. The van der Waals surface area contributed by atoms with Crippen LogP contribution in [0.3, 0.4) is 0 Å². The lowest BCUT2D eigenvalue weighted by Gasteiger charge is -2.19. The maximum atomic E-state index is 12.3. The molecule has 1 fully saturated rings. The van der Waals surface area contributed by atoms with E-state index in [2.05, 4.69) is 12.2 Å². The average molecular weight is 261 g/mol. The molecule has 4 heteroatoms. The van der Waals surface area contributed by atoms with E-state index in [1.165, 1.54) is 0 Å². The van der Waals surface area contributed by atoms with Gasteiger partial charge in [-0.05, 0) is 18.4 Å². The minimum atomic E-state index is -0.802. The van der Waals surface area contributed by atoms with Crippen LogP contribution in [-0.2, 0) is 14.4 Å². The van der Waals surface area contributed by atoms with Crippen LogP contribution in [0.25, 0.3) is 0 Å². The minimum absolute atomic E-state index is 0.119. The van der Waals surface area contributed by atoms with Crippen LogP contribution in [0, 0.1) is 17.3 Å². The summed E-state index contributed by atoms with van der Waals surface area (Å²) >= 11 is 0. The predicted octanol–water partition coefficient (Wildman–Crippen LogP) is 1.37. The highest BCUT2D eigenvalue weighted by molar-refractivity contribution is 5.94. The van der Waals surface area contributed by atoms with E-state index in [1.54, 1.807) is 18.9 Å². The van der Waals surface area contributed by atoms with Crippen molar-refractivity contribution in [3.05, 3.63) is 23.8 Å². The van der Waals surface area contributed by atoms with Crippen LogP contribution in [0.2, 0.25) is 0 Å². The molecule has 0 aromatic rings. The summed E-state index contributed by atoms with van der Waals surface area (Å²) in [4.78, 5) is 35.8. The summed E-state index contributed by atoms with van der Waals surface area (Å²) < 4.78 is 0. The Morgan fingerprint density at radius 2 is 2.21 bits per heavy atom. The van der Waals surface area contributed by atoms with Crippen LogP contribution in [0.1, 0.15) is 19.8 Å². The van der Waals surface area contributed by atoms with Gasteiger partial charge in [-0.25, -0.2) is 0 Å². The van der Waals surface area contributed by atoms with E-state index in [9.17, 15) is 14.4 Å². The summed E-state index contributed by atoms with van der Waals surface area (Å²) in [6, 6.07) is 0. The van der Waals surface area contributed by atoms with Gasteiger partial charge in [-0.1, -0.05) is 25.2 Å². The fraction of sp³-hybridized carbons (Fsp3) is 0.533. The molecule has 2 aliphatic carbocycles. The number of amides is 1. The van der Waals surface area contributed by atoms with Crippen molar-refractivity contribution in [3.8, 4) is 0 Å². The molecule has 0 bridgehead atoms. The molecule has 3 atom stereocenters. The first-order valence-corrected chi connectivity index (χ1v) is 6.56. The Hall–Kier alpha value is -1.71. The SMILES string of the molecule is CN(CC1=CCCC=C1)C(=O)C1C(C=O)C1(C)C=O. The number of aldehydes is 2. The molecule has 0 spiro atoms. The lowest BCUT2D eigenvalue weighted by Crippen LogP contribution is -2.31. The molecule has 0 radical (unpaired) electrons. The van der Waals surface area contributed by atoms with Gasteiger partial charge in [0.2, 0.25) is 5.91 Å². The second kappa shape index (κ2) is 5.11. The lowest BCUT2D eigenvalue weighted by atomic mass is 10.1. The Labute approximate surface area is 113 Å². The summed E-state index contributed by atoms with van der Waals surface area (Å²) in [5, 5.41) is 0. The number of rotatable bonds is 5. The van der Waals surface area contributed by atoms with Crippen molar-refractivity contribution >= 4 is 18.5 Å². The molecule has 0 aromatic carbocycles. The highest BCUT2D eigenvalue weighted by Crippen LogP contribution is 2.56. The molecular weight excluding hydrogens is 242 g/mol. The highest BCUT2D eigenvalue weighted by Gasteiger charge is 2.65. The molecule has 19 heavy (non-hydrogen) atoms. The van der Waals surface area contributed by atoms with Gasteiger partial charge in [0.1, 0.15) is 12.6 Å². The molecule has 3 unspecified atom stereocenters. The van der Waals surface area contributed by atoms with E-state index in [0.29, 0.717) is 6.54 Å². The minimum Gasteiger partial charge on any atom is -0.341 e. The van der Waals surface area contributed by atoms with Crippen molar-refractivity contribution in [3.63, 3.8) is 0 Å². The highest BCUT2D eigenvalue weighted by atomic mass is 16.2. The fourth-order valence-corrected chi connectivity index (χ4v) is 2.74. The van der Waals surface area contributed by atoms with E-state index in [1.807, 2.05) is 6.08 Å². The smallest absolute Gasteiger partial charge is 0.227 e. The third-order valence-electron chi connectivity index (χ3n) is 4.17. The van der Waals surface area contributed by atoms with Gasteiger partial charge in [-0.3, -0.25) is 4.79 Å². The van der Waals surface area contributed by atoms with Crippen molar-refractivity contribution < 1.29 is 14.4 Å². The number of allylic oxidation sites excluding steroid dienone is 2. The first-order valence-electron chi connectivity index (χ1n) is 6.56. The van der Waals surface area contributed by atoms with E-state index in [0.717, 1.165) is 31.0 Å². The zero-order valence-electron chi connectivity index (χ0n) is 11.3. The average Bonchev–Trinajstić information content (AvgIpc) is 3.04. The van der Waals surface area contributed by atoms with Gasteiger partial charge in [-0.15, -0.1) is 0 Å². The van der Waals surface area contributed by atoms with E-state index in [-0.39, 0.29) is 5.91 Å². The van der Waals surface area contributed by atoms with Gasteiger partial charge in [0, 0.05) is 24.9 Å². The number of carbonyl (C=O) groups excluding carboxylic acids is 3. The Balaban J connectivity index is 2.00. The first kappa shape index (κ1) is 13.7. The van der Waals surface area contributed by atoms with Gasteiger partial charge < -0.3 is 14.5 Å². The summed E-state index contributed by atoms with van der Waals surface area (Å²) in [6.45, 7) is 2.21. The topological polar surface area (TPSA) is 54.5 Å². The zero-order chi connectivity index (χ0) is 14.0. The third kappa shape index (κ3) is 2.39. The molecule has 1 saturated carbocycles. The molecule has 102 valence electrons. The summed E-state index contributed by atoms with van der Waals surface area (Å²) in [7, 11) is 1.72. The third-order valence-corrected chi connectivity index (χ3v) is 4.17. The lowest BCUT2D eigenvalue weighted by molar-refractivity contribution is -0.133. The normalized spacial score (nSPS) is 32.4. The Kier molecular flexibility index (Phi) is 3.69. The van der Waals surface area contributed by atoms with Crippen LogP contribution in [0.5, 0.6) is 0 Å². The van der Waals surface area contributed by atoms with Gasteiger partial charge in [0.05, 0.1) is 5.92 Å². The van der Waals surface area contributed by atoms with Gasteiger partial charge >= 0.3 is 0 Å². The molecule has 0 aliphatic heterocycles. The van der Waals surface area contributed by atoms with Crippen LogP contribution < -0.4 is 0 Å². The Morgan fingerprint density at radius 3 is 2.68 bits per heavy atom. The molecule has 2 rings (SSSR count). The standard InChI is InChI=1S/C15H19NO3/c1-15(10-18)12(9-17)13(15)14(19)16(2)8-11-6-4-3-5-7-11/h4,6-7,9-10,12-13H,3,5,8H2,1-2H3. The van der Waals surface area contributed by atoms with Crippen LogP contribution in [0.4, 0.5) is 0 Å². The van der Waals surface area contributed by atoms with E-state index < -0.39 is 17.3 Å². The molecule has 4 nitrogen and oxygen atoms in total. The molecule has 2 aliphatic rings. The molecule has 0 aromatic heterocycles. The first-order chi connectivity index (χ1) is 9.04. The van der Waals surface area contributed by atoms with Crippen molar-refractivity contribution in [1.82, 2.24) is 4.90 Å². The molecule has 0 saturated heterocycles. The van der Waals surface area contributed by atoms with Crippen molar-refractivity contribution in [2.24, 2.45) is 17.3 Å². The van der Waals surface area contributed by atoms with Gasteiger partial charge in [-0.2, -0.15) is 0 Å². The summed E-state index contributed by atoms with van der Waals surface area (Å²) in [6.07, 6.45) is 9.74. The molecule has 1 amide bonds. The number of hydrogen-bond acceptors (Lipinski definition) is 3. The quantitative estimate of drug-likeness (QED) is 0.702. The summed E-state index contributed by atoms with van der Waals surface area (Å²) in [5.74, 6) is -1.07. The maximum absolute atomic E-state index is 12.3. The summed E-state index contributed by atoms with van der Waals surface area (Å²) in [5.41, 5.74) is 0.308. The Bertz CT molecular complexity index is 466. The van der Waals surface area contributed by atoms with Crippen molar-refractivity contribution in [1.29, 1.82) is 0 Å². The Morgan fingerprint density at radius 1 is 1.47 bits per heavy atom. The van der Waals surface area contributed by atoms with E-state index >= 15 is 0 Å². The largest absolute Gasteiger partial charge is 0.341 e. The molecule has 0 N–H and O–H groups in total. The van der Waals surface area contributed by atoms with Crippen molar-refractivity contribution in [2.75, 3.05) is 13.6 Å². The van der Waals surface area contributed by atoms with Crippen molar-refractivity contribution in [2.45, 2.75) is 19.8 Å². The zero-order valence-corrected chi connectivity index (χ0v) is 11.3. The van der Waals surface area contributed by atoms with Gasteiger partial charge in [0.15, 0.2) is 0 Å². The van der Waals surface area contributed by atoms with Crippen LogP contribution in [-0.4, -0.2) is 37.0 Å². The second-order valence-electron chi connectivity index (χ2n) is 5.58. The second-order valence-corrected chi connectivity index (χ2v) is 5.58. The number of nitrogens with zero attached hydrogens (tertiary/aromatic N) is 1. The number of hydrogen-bond donors (Lipinski definition) is 0. The van der Waals surface area contributed by atoms with Crippen LogP contribution in [0.15, 0.2) is 23.8 Å². The van der Waals surface area contributed by atoms with Gasteiger partial charge in [0.25, 0.3) is 0 Å². The molecular formula is C15H19NO3. The fourth-order valence-electron chi connectivity index (χ4n) is 2.74. The maximum Gasteiger partial charge on any atom is 0.227 e. The number of carbonyl (C=O) groups is 3. The predicted molar refractivity (Wildman–Crippen MR) is 71.3 cm³/mol. The van der Waals surface area contributed by atoms with E-state index in [4.69, 9.17) is 0 Å². The monoisotopic (exact) mass is 261 g/mol. The van der Waals surface area contributed by atoms with Crippen LogP contribution >= 0.6 is 0 Å².